The number of rotatable bonds is 6. The summed E-state index contributed by atoms with van der Waals surface area (Å²) in [5.74, 6) is 0. The lowest BCUT2D eigenvalue weighted by Crippen LogP contribution is -2.49. The van der Waals surface area contributed by atoms with E-state index >= 15 is 0 Å². The zero-order valence-corrected chi connectivity index (χ0v) is 18.3. The molecule has 0 unspecified atom stereocenters. The van der Waals surface area contributed by atoms with E-state index in [1.54, 1.807) is 17.0 Å². The summed E-state index contributed by atoms with van der Waals surface area (Å²) in [5.41, 5.74) is 3.98. The minimum Gasteiger partial charge on any atom is -0.390 e. The Bertz CT molecular complexity index is 980. The molecule has 2 aliphatic rings. The Morgan fingerprint density at radius 3 is 2.52 bits per heavy atom. The van der Waals surface area contributed by atoms with Crippen molar-refractivity contribution in [3.05, 3.63) is 70.8 Å². The van der Waals surface area contributed by atoms with E-state index in [4.69, 9.17) is 5.26 Å². The van der Waals surface area contributed by atoms with Gasteiger partial charge in [0.1, 0.15) is 0 Å². The molecule has 2 aliphatic heterocycles. The maximum atomic E-state index is 13.1. The normalized spacial score (nSPS) is 19.2. The van der Waals surface area contributed by atoms with E-state index in [9.17, 15) is 9.90 Å². The molecular weight excluding hydrogens is 388 g/mol. The molecule has 31 heavy (non-hydrogen) atoms. The van der Waals surface area contributed by atoms with Crippen molar-refractivity contribution in [2.75, 3.05) is 26.2 Å². The second kappa shape index (κ2) is 8.70. The number of fused-ring (bicyclic) bond motifs is 1. The maximum absolute atomic E-state index is 13.1. The molecule has 1 saturated heterocycles. The second-order valence-electron chi connectivity index (χ2n) is 9.28. The van der Waals surface area contributed by atoms with E-state index in [1.807, 2.05) is 30.9 Å². The SMILES string of the molecule is CC1(C)CN(Cc2ccc(C#N)cc2)C(=O)N1C[C@@H](O)CN1CCc2ccccc2C1. The summed E-state index contributed by atoms with van der Waals surface area (Å²) in [7, 11) is 0. The topological polar surface area (TPSA) is 70.8 Å². The molecule has 162 valence electrons. The van der Waals surface area contributed by atoms with Gasteiger partial charge in [0.25, 0.3) is 0 Å². The van der Waals surface area contributed by atoms with Crippen molar-refractivity contribution in [3.63, 3.8) is 0 Å². The highest BCUT2D eigenvalue weighted by molar-refractivity contribution is 5.78. The van der Waals surface area contributed by atoms with Crippen LogP contribution in [-0.4, -0.2) is 63.7 Å². The third-order valence-electron chi connectivity index (χ3n) is 6.34. The van der Waals surface area contributed by atoms with Gasteiger partial charge in [-0.15, -0.1) is 0 Å². The van der Waals surface area contributed by atoms with Gasteiger partial charge in [-0.3, -0.25) is 4.90 Å². The number of amides is 2. The quantitative estimate of drug-likeness (QED) is 0.783. The minimum absolute atomic E-state index is 0.0441. The Hall–Kier alpha value is -2.88. The number of urea groups is 1. The molecule has 0 aromatic heterocycles. The Kier molecular flexibility index (Phi) is 5.99. The highest BCUT2D eigenvalue weighted by atomic mass is 16.3. The van der Waals surface area contributed by atoms with Crippen LogP contribution in [0.4, 0.5) is 4.79 Å². The standard InChI is InChI=1S/C25H30N4O2/c1-25(2)18-28(14-20-9-7-19(13-26)8-10-20)24(31)29(25)17-23(30)16-27-12-11-21-5-3-4-6-22(21)15-27/h3-10,23,30H,11-12,14-18H2,1-2H3/t23-/m0/s1. The largest absolute Gasteiger partial charge is 0.390 e. The number of nitriles is 1. The third-order valence-corrected chi connectivity index (χ3v) is 6.34. The van der Waals surface area contributed by atoms with Crippen LogP contribution in [0.3, 0.4) is 0 Å². The highest BCUT2D eigenvalue weighted by Gasteiger charge is 2.43. The van der Waals surface area contributed by atoms with Crippen molar-refractivity contribution in [3.8, 4) is 6.07 Å². The van der Waals surface area contributed by atoms with E-state index in [2.05, 4.69) is 35.2 Å². The number of aliphatic hydroxyl groups is 1. The molecular formula is C25H30N4O2. The molecule has 0 spiro atoms. The number of aliphatic hydroxyl groups excluding tert-OH is 1. The van der Waals surface area contributed by atoms with Crippen LogP contribution < -0.4 is 0 Å². The monoisotopic (exact) mass is 418 g/mol. The van der Waals surface area contributed by atoms with Crippen LogP contribution in [0.2, 0.25) is 0 Å². The number of carbonyl (C=O) groups excluding carboxylic acids is 1. The fourth-order valence-corrected chi connectivity index (χ4v) is 4.68. The fourth-order valence-electron chi connectivity index (χ4n) is 4.68. The Labute approximate surface area is 184 Å². The first-order valence-corrected chi connectivity index (χ1v) is 10.9. The summed E-state index contributed by atoms with van der Waals surface area (Å²) < 4.78 is 0. The summed E-state index contributed by atoms with van der Waals surface area (Å²) in [5, 5.41) is 19.8. The summed E-state index contributed by atoms with van der Waals surface area (Å²) in [6, 6.07) is 17.9. The number of hydrogen-bond acceptors (Lipinski definition) is 4. The highest BCUT2D eigenvalue weighted by Crippen LogP contribution is 2.28. The van der Waals surface area contributed by atoms with Gasteiger partial charge in [-0.1, -0.05) is 36.4 Å². The lowest BCUT2D eigenvalue weighted by molar-refractivity contribution is 0.0617. The first-order valence-electron chi connectivity index (χ1n) is 10.9. The summed E-state index contributed by atoms with van der Waals surface area (Å²) in [4.78, 5) is 19.0. The summed E-state index contributed by atoms with van der Waals surface area (Å²) in [6.07, 6.45) is 0.401. The first kappa shape index (κ1) is 21.4. The zero-order chi connectivity index (χ0) is 22.0. The zero-order valence-electron chi connectivity index (χ0n) is 18.3. The van der Waals surface area contributed by atoms with Crippen LogP contribution in [0.1, 0.15) is 36.1 Å². The van der Waals surface area contributed by atoms with Gasteiger partial charge in [0.15, 0.2) is 0 Å². The molecule has 0 radical (unpaired) electrons. The molecule has 2 amide bonds. The Morgan fingerprint density at radius 1 is 1.10 bits per heavy atom. The molecule has 4 rings (SSSR count). The van der Waals surface area contributed by atoms with E-state index < -0.39 is 6.10 Å². The molecule has 6 nitrogen and oxygen atoms in total. The van der Waals surface area contributed by atoms with Crippen LogP contribution in [0.25, 0.3) is 0 Å². The van der Waals surface area contributed by atoms with Crippen molar-refractivity contribution < 1.29 is 9.90 Å². The van der Waals surface area contributed by atoms with E-state index in [-0.39, 0.29) is 11.6 Å². The molecule has 1 fully saturated rings. The molecule has 0 saturated carbocycles. The molecule has 0 aliphatic carbocycles. The Morgan fingerprint density at radius 2 is 1.81 bits per heavy atom. The van der Waals surface area contributed by atoms with Crippen LogP contribution in [0.5, 0.6) is 0 Å². The minimum atomic E-state index is -0.594. The summed E-state index contributed by atoms with van der Waals surface area (Å²) in [6.45, 7) is 7.86. The molecule has 2 aromatic rings. The third kappa shape index (κ3) is 4.73. The van der Waals surface area contributed by atoms with Crippen molar-refractivity contribution in [2.45, 2.75) is 45.0 Å². The van der Waals surface area contributed by atoms with E-state index in [1.165, 1.54) is 11.1 Å². The van der Waals surface area contributed by atoms with Crippen LogP contribution >= 0.6 is 0 Å². The number of hydrogen-bond donors (Lipinski definition) is 1. The second-order valence-corrected chi connectivity index (χ2v) is 9.28. The van der Waals surface area contributed by atoms with E-state index in [0.29, 0.717) is 31.7 Å². The smallest absolute Gasteiger partial charge is 0.320 e. The number of benzene rings is 2. The van der Waals surface area contributed by atoms with Gasteiger partial charge in [-0.2, -0.15) is 5.26 Å². The molecule has 6 heteroatoms. The molecule has 0 bridgehead atoms. The van der Waals surface area contributed by atoms with Gasteiger partial charge in [0.2, 0.25) is 0 Å². The average molecular weight is 419 g/mol. The predicted octanol–water partition coefficient (Wildman–Crippen LogP) is 2.99. The maximum Gasteiger partial charge on any atom is 0.320 e. The molecule has 1 atom stereocenters. The van der Waals surface area contributed by atoms with Crippen LogP contribution in [0.15, 0.2) is 48.5 Å². The number of carbonyl (C=O) groups is 1. The van der Waals surface area contributed by atoms with E-state index in [0.717, 1.165) is 25.1 Å². The lowest BCUT2D eigenvalue weighted by atomic mass is 9.99. The molecule has 1 N–H and O–H groups in total. The van der Waals surface area contributed by atoms with Gasteiger partial charge >= 0.3 is 6.03 Å². The van der Waals surface area contributed by atoms with Crippen molar-refractivity contribution in [2.24, 2.45) is 0 Å². The molecule has 2 heterocycles. The number of nitrogens with zero attached hydrogens (tertiary/aromatic N) is 4. The fraction of sp³-hybridized carbons (Fsp3) is 0.440. The van der Waals surface area contributed by atoms with Crippen LogP contribution in [0, 0.1) is 11.3 Å². The van der Waals surface area contributed by atoms with Crippen LogP contribution in [-0.2, 0) is 19.5 Å². The lowest BCUT2D eigenvalue weighted by Gasteiger charge is -2.34. The van der Waals surface area contributed by atoms with Crippen molar-refractivity contribution in [1.29, 1.82) is 5.26 Å². The van der Waals surface area contributed by atoms with Crippen molar-refractivity contribution in [1.82, 2.24) is 14.7 Å². The van der Waals surface area contributed by atoms with Gasteiger partial charge < -0.3 is 14.9 Å². The summed E-state index contributed by atoms with van der Waals surface area (Å²) >= 11 is 0. The number of β-amino-alcohol motifs (C(OH)–C–C–N with tert-alkyl or cyclic N) is 1. The van der Waals surface area contributed by atoms with Crippen molar-refractivity contribution >= 4 is 6.03 Å². The van der Waals surface area contributed by atoms with Gasteiger partial charge in [-0.25, -0.2) is 4.79 Å². The average Bonchev–Trinajstić information content (AvgIpc) is 2.97. The Balaban J connectivity index is 1.36. The first-order chi connectivity index (χ1) is 14.9. The van der Waals surface area contributed by atoms with Gasteiger partial charge in [0.05, 0.1) is 29.8 Å². The van der Waals surface area contributed by atoms with Gasteiger partial charge in [0, 0.05) is 32.7 Å². The predicted molar refractivity (Wildman–Crippen MR) is 119 cm³/mol. The van der Waals surface area contributed by atoms with Gasteiger partial charge in [-0.05, 0) is 49.1 Å². The molecule has 2 aromatic carbocycles.